The number of para-hydroxylation sites is 2. The molecular formula is C26H31N3O2. The minimum absolute atomic E-state index is 0.294. The predicted molar refractivity (Wildman–Crippen MR) is 123 cm³/mol. The molecule has 0 amide bonds. The smallest absolute Gasteiger partial charge is 0.124 e. The lowest BCUT2D eigenvalue weighted by Gasteiger charge is -2.29. The van der Waals surface area contributed by atoms with Crippen molar-refractivity contribution in [1.82, 2.24) is 15.2 Å². The van der Waals surface area contributed by atoms with Gasteiger partial charge in [0.25, 0.3) is 0 Å². The van der Waals surface area contributed by atoms with Crippen LogP contribution in [0.1, 0.15) is 35.6 Å². The Morgan fingerprint density at radius 3 is 2.52 bits per heavy atom. The molecule has 1 aliphatic heterocycles. The third-order valence-electron chi connectivity index (χ3n) is 5.82. The number of likely N-dealkylation sites (tertiary alicyclic amines) is 1. The van der Waals surface area contributed by atoms with Gasteiger partial charge in [0.15, 0.2) is 0 Å². The van der Waals surface area contributed by atoms with Crippen molar-refractivity contribution in [3.63, 3.8) is 0 Å². The number of rotatable bonds is 10. The summed E-state index contributed by atoms with van der Waals surface area (Å²) in [5.41, 5.74) is 3.47. The zero-order chi connectivity index (χ0) is 21.3. The average molecular weight is 418 g/mol. The third kappa shape index (κ3) is 5.63. The van der Waals surface area contributed by atoms with Gasteiger partial charge in [-0.05, 0) is 44.1 Å². The molecule has 0 unspecified atom stereocenters. The van der Waals surface area contributed by atoms with E-state index in [0.717, 1.165) is 48.8 Å². The van der Waals surface area contributed by atoms with Gasteiger partial charge in [-0.25, -0.2) is 0 Å². The van der Waals surface area contributed by atoms with Crippen molar-refractivity contribution in [2.75, 3.05) is 26.7 Å². The second kappa shape index (κ2) is 10.9. The van der Waals surface area contributed by atoms with Crippen molar-refractivity contribution in [1.29, 1.82) is 0 Å². The zero-order valence-corrected chi connectivity index (χ0v) is 18.2. The van der Waals surface area contributed by atoms with Crippen molar-refractivity contribution >= 4 is 0 Å². The van der Waals surface area contributed by atoms with Gasteiger partial charge in [0.2, 0.25) is 0 Å². The maximum atomic E-state index is 6.09. The van der Waals surface area contributed by atoms with Crippen molar-refractivity contribution < 1.29 is 9.47 Å². The van der Waals surface area contributed by atoms with Crippen LogP contribution in [0.25, 0.3) is 0 Å². The monoisotopic (exact) mass is 417 g/mol. The minimum Gasteiger partial charge on any atom is -0.496 e. The van der Waals surface area contributed by atoms with Crippen molar-refractivity contribution in [2.45, 2.75) is 32.0 Å². The van der Waals surface area contributed by atoms with Crippen LogP contribution in [0.2, 0.25) is 0 Å². The van der Waals surface area contributed by atoms with Crippen molar-refractivity contribution in [3.05, 3.63) is 89.7 Å². The number of nitrogens with zero attached hydrogens (tertiary/aromatic N) is 2. The first-order chi connectivity index (χ1) is 15.3. The first-order valence-corrected chi connectivity index (χ1v) is 11.0. The van der Waals surface area contributed by atoms with E-state index < -0.39 is 0 Å². The molecule has 2 heterocycles. The van der Waals surface area contributed by atoms with E-state index in [1.807, 2.05) is 36.5 Å². The number of hydrogen-bond acceptors (Lipinski definition) is 5. The van der Waals surface area contributed by atoms with Crippen LogP contribution in [-0.2, 0) is 13.2 Å². The molecule has 1 saturated heterocycles. The summed E-state index contributed by atoms with van der Waals surface area (Å²) in [4.78, 5) is 6.73. The Morgan fingerprint density at radius 1 is 0.968 bits per heavy atom. The topological polar surface area (TPSA) is 46.6 Å². The van der Waals surface area contributed by atoms with Crippen LogP contribution in [0.15, 0.2) is 73.1 Å². The molecule has 1 aromatic heterocycles. The van der Waals surface area contributed by atoms with E-state index in [-0.39, 0.29) is 0 Å². The fourth-order valence-corrected chi connectivity index (χ4v) is 4.21. The van der Waals surface area contributed by atoms with Crippen LogP contribution in [-0.4, -0.2) is 36.6 Å². The molecule has 0 saturated carbocycles. The van der Waals surface area contributed by atoms with Crippen LogP contribution in [0.5, 0.6) is 11.5 Å². The molecule has 5 heteroatoms. The third-order valence-corrected chi connectivity index (χ3v) is 5.82. The Hall–Kier alpha value is -2.89. The lowest BCUT2D eigenvalue weighted by Crippen LogP contribution is -2.34. The van der Waals surface area contributed by atoms with Crippen LogP contribution in [0.3, 0.4) is 0 Å². The summed E-state index contributed by atoms with van der Waals surface area (Å²) in [6, 6.07) is 20.9. The summed E-state index contributed by atoms with van der Waals surface area (Å²) in [7, 11) is 1.75. The van der Waals surface area contributed by atoms with Gasteiger partial charge in [-0.1, -0.05) is 42.5 Å². The van der Waals surface area contributed by atoms with Gasteiger partial charge < -0.3 is 14.8 Å². The Balaban J connectivity index is 1.42. The highest BCUT2D eigenvalue weighted by Gasteiger charge is 2.25. The fourth-order valence-electron chi connectivity index (χ4n) is 4.21. The van der Waals surface area contributed by atoms with E-state index in [1.54, 1.807) is 13.3 Å². The molecule has 1 N–H and O–H groups in total. The highest BCUT2D eigenvalue weighted by Crippen LogP contribution is 2.31. The first kappa shape index (κ1) is 21.3. The summed E-state index contributed by atoms with van der Waals surface area (Å²) >= 11 is 0. The normalized spacial score (nSPS) is 15.0. The van der Waals surface area contributed by atoms with Crippen LogP contribution < -0.4 is 14.8 Å². The number of methoxy groups -OCH3 is 1. The molecule has 1 fully saturated rings. The van der Waals surface area contributed by atoms with Crippen LogP contribution in [0, 0.1) is 0 Å². The molecule has 0 spiro atoms. The predicted octanol–water partition coefficient (Wildman–Crippen LogP) is 4.60. The van der Waals surface area contributed by atoms with E-state index in [2.05, 4.69) is 45.5 Å². The molecule has 1 atom stereocenters. The van der Waals surface area contributed by atoms with Gasteiger partial charge in [0.05, 0.1) is 13.2 Å². The number of ether oxygens (including phenoxy) is 2. The van der Waals surface area contributed by atoms with E-state index in [1.165, 1.54) is 18.4 Å². The lowest BCUT2D eigenvalue weighted by molar-refractivity contribution is 0.232. The number of nitrogens with one attached hydrogen (secondary N) is 1. The average Bonchev–Trinajstić information content (AvgIpc) is 3.36. The molecule has 162 valence electrons. The number of benzene rings is 2. The second-order valence-electron chi connectivity index (χ2n) is 7.89. The Bertz CT molecular complexity index is 942. The fraction of sp³-hybridized carbons (Fsp3) is 0.346. The SMILES string of the molecule is COc1ccccc1[C@H](CNCc1ccccc1OCc1cccnc1)N1CCCC1. The molecule has 2 aromatic carbocycles. The quantitative estimate of drug-likeness (QED) is 0.523. The van der Waals surface area contributed by atoms with Gasteiger partial charge >= 0.3 is 0 Å². The molecule has 5 nitrogen and oxygen atoms in total. The van der Waals surface area contributed by atoms with E-state index >= 15 is 0 Å². The molecule has 1 aliphatic rings. The van der Waals surface area contributed by atoms with Gasteiger partial charge in [0, 0.05) is 42.2 Å². The summed E-state index contributed by atoms with van der Waals surface area (Å²) in [6.45, 7) is 4.40. The van der Waals surface area contributed by atoms with E-state index in [0.29, 0.717) is 12.6 Å². The van der Waals surface area contributed by atoms with Gasteiger partial charge in [-0.15, -0.1) is 0 Å². The molecule has 0 bridgehead atoms. The van der Waals surface area contributed by atoms with Gasteiger partial charge in [-0.2, -0.15) is 0 Å². The lowest BCUT2D eigenvalue weighted by atomic mass is 10.0. The summed E-state index contributed by atoms with van der Waals surface area (Å²) in [5, 5.41) is 3.68. The maximum Gasteiger partial charge on any atom is 0.124 e. The van der Waals surface area contributed by atoms with Gasteiger partial charge in [0.1, 0.15) is 18.1 Å². The number of aromatic nitrogens is 1. The number of pyridine rings is 1. The molecule has 0 aliphatic carbocycles. The Kier molecular flexibility index (Phi) is 7.53. The molecule has 0 radical (unpaired) electrons. The Labute approximate surface area is 185 Å². The zero-order valence-electron chi connectivity index (χ0n) is 18.2. The van der Waals surface area contributed by atoms with Gasteiger partial charge in [-0.3, -0.25) is 9.88 Å². The number of hydrogen-bond donors (Lipinski definition) is 1. The van der Waals surface area contributed by atoms with E-state index in [4.69, 9.17) is 9.47 Å². The van der Waals surface area contributed by atoms with Crippen molar-refractivity contribution in [3.8, 4) is 11.5 Å². The van der Waals surface area contributed by atoms with Crippen LogP contribution >= 0.6 is 0 Å². The first-order valence-electron chi connectivity index (χ1n) is 11.0. The molecular weight excluding hydrogens is 386 g/mol. The molecule has 3 aromatic rings. The van der Waals surface area contributed by atoms with E-state index in [9.17, 15) is 0 Å². The summed E-state index contributed by atoms with van der Waals surface area (Å²) in [5.74, 6) is 1.87. The highest BCUT2D eigenvalue weighted by molar-refractivity contribution is 5.37. The standard InChI is InChI=1S/C26H31N3O2/c1-30-26-13-5-3-11-23(26)24(29-15-6-7-16-29)19-28-18-22-10-2-4-12-25(22)31-20-21-9-8-14-27-17-21/h2-5,8-14,17,24,28H,6-7,15-16,18-20H2,1H3/t24-/m0/s1. The molecule has 4 rings (SSSR count). The summed E-state index contributed by atoms with van der Waals surface area (Å²) < 4.78 is 11.8. The highest BCUT2D eigenvalue weighted by atomic mass is 16.5. The largest absolute Gasteiger partial charge is 0.496 e. The Morgan fingerprint density at radius 2 is 1.74 bits per heavy atom. The van der Waals surface area contributed by atoms with Crippen LogP contribution in [0.4, 0.5) is 0 Å². The second-order valence-corrected chi connectivity index (χ2v) is 7.89. The molecule has 31 heavy (non-hydrogen) atoms. The summed E-state index contributed by atoms with van der Waals surface area (Å²) in [6.07, 6.45) is 6.14. The maximum absolute atomic E-state index is 6.09. The van der Waals surface area contributed by atoms with Crippen molar-refractivity contribution in [2.24, 2.45) is 0 Å². The minimum atomic E-state index is 0.294.